The van der Waals surface area contributed by atoms with Crippen LogP contribution in [0.2, 0.25) is 0 Å². The van der Waals surface area contributed by atoms with Crippen molar-refractivity contribution in [1.82, 2.24) is 14.9 Å². The summed E-state index contributed by atoms with van der Waals surface area (Å²) < 4.78 is 5.73. The van der Waals surface area contributed by atoms with Crippen LogP contribution in [-0.2, 0) is 19.4 Å². The van der Waals surface area contributed by atoms with E-state index in [0.29, 0.717) is 12.4 Å². The van der Waals surface area contributed by atoms with Crippen molar-refractivity contribution in [3.63, 3.8) is 0 Å². The molecule has 0 atom stereocenters. The molecule has 0 unspecified atom stereocenters. The summed E-state index contributed by atoms with van der Waals surface area (Å²) in [5.41, 5.74) is 4.01. The zero-order chi connectivity index (χ0) is 17.8. The maximum Gasteiger partial charge on any atom is 0.254 e. The van der Waals surface area contributed by atoms with Crippen molar-refractivity contribution in [1.29, 1.82) is 0 Å². The van der Waals surface area contributed by atoms with Gasteiger partial charge in [-0.15, -0.1) is 0 Å². The zero-order valence-electron chi connectivity index (χ0n) is 15.0. The lowest BCUT2D eigenvalue weighted by Crippen LogP contribution is -2.26. The summed E-state index contributed by atoms with van der Waals surface area (Å²) >= 11 is 0. The normalized spacial score (nSPS) is 14.6. The van der Waals surface area contributed by atoms with E-state index in [9.17, 15) is 4.79 Å². The Morgan fingerprint density at radius 3 is 2.96 bits per heavy atom. The molecule has 0 spiro atoms. The lowest BCUT2D eigenvalue weighted by molar-refractivity contribution is 0.278. The molecule has 1 aromatic carbocycles. The van der Waals surface area contributed by atoms with Gasteiger partial charge in [0, 0.05) is 31.6 Å². The number of H-pyrrole nitrogens is 1. The van der Waals surface area contributed by atoms with Gasteiger partial charge >= 0.3 is 0 Å². The lowest BCUT2D eigenvalue weighted by Gasteiger charge is -2.20. The molecule has 1 aliphatic rings. The van der Waals surface area contributed by atoms with E-state index in [0.717, 1.165) is 55.1 Å². The quantitative estimate of drug-likeness (QED) is 0.851. The maximum absolute atomic E-state index is 12.1. The van der Waals surface area contributed by atoms with E-state index in [2.05, 4.69) is 33.6 Å². The fourth-order valence-electron chi connectivity index (χ4n) is 3.14. The minimum atomic E-state index is 0.0135. The largest absolute Gasteiger partial charge is 0.489 e. The first kappa shape index (κ1) is 17.4. The van der Waals surface area contributed by atoms with Gasteiger partial charge in [-0.05, 0) is 43.5 Å². The van der Waals surface area contributed by atoms with Crippen LogP contribution in [0.15, 0.2) is 41.2 Å². The summed E-state index contributed by atoms with van der Waals surface area (Å²) in [6.07, 6.45) is 1.55. The summed E-state index contributed by atoms with van der Waals surface area (Å²) in [5, 5.41) is 0. The lowest BCUT2D eigenvalue weighted by atomic mass is 10.1. The Labute approximate surface area is 148 Å². The zero-order valence-corrected chi connectivity index (χ0v) is 15.0. The second-order valence-corrected chi connectivity index (χ2v) is 6.75. The first-order valence-corrected chi connectivity index (χ1v) is 8.68. The fourth-order valence-corrected chi connectivity index (χ4v) is 3.14. The summed E-state index contributed by atoms with van der Waals surface area (Å²) in [4.78, 5) is 21.8. The van der Waals surface area contributed by atoms with Crippen LogP contribution < -0.4 is 10.3 Å². The Morgan fingerprint density at radius 2 is 2.16 bits per heavy atom. The third-order valence-corrected chi connectivity index (χ3v) is 4.35. The molecule has 2 aromatic rings. The second-order valence-electron chi connectivity index (χ2n) is 6.75. The highest BCUT2D eigenvalue weighted by atomic mass is 16.5. The van der Waals surface area contributed by atoms with E-state index >= 15 is 0 Å². The van der Waals surface area contributed by atoms with Crippen LogP contribution in [0.5, 0.6) is 5.75 Å². The number of hydrogen-bond acceptors (Lipinski definition) is 4. The first-order chi connectivity index (χ1) is 12.0. The van der Waals surface area contributed by atoms with Crippen molar-refractivity contribution >= 4 is 0 Å². The molecule has 0 bridgehead atoms. The van der Waals surface area contributed by atoms with E-state index < -0.39 is 0 Å². The Balaban J connectivity index is 1.67. The smallest absolute Gasteiger partial charge is 0.254 e. The molecule has 0 saturated heterocycles. The number of nitrogens with zero attached hydrogens (tertiary/aromatic N) is 2. The predicted molar refractivity (Wildman–Crippen MR) is 99.0 cm³/mol. The number of ether oxygens (including phenoxy) is 1. The molecule has 0 amide bonds. The average Bonchev–Trinajstić information content (AvgIpc) is 2.76. The van der Waals surface area contributed by atoms with Crippen LogP contribution in [0.1, 0.15) is 29.6 Å². The third kappa shape index (κ3) is 4.57. The number of aromatic nitrogens is 2. The number of aromatic amines is 1. The molecule has 132 valence electrons. The van der Waals surface area contributed by atoms with Crippen LogP contribution in [0, 0.1) is 6.92 Å². The minimum Gasteiger partial charge on any atom is -0.489 e. The molecule has 3 rings (SSSR count). The molecule has 5 nitrogen and oxygen atoms in total. The Morgan fingerprint density at radius 1 is 1.36 bits per heavy atom. The number of fused-ring (bicyclic) bond motifs is 1. The molecular formula is C20H25N3O2. The molecule has 0 radical (unpaired) electrons. The summed E-state index contributed by atoms with van der Waals surface area (Å²) in [6, 6.07) is 8.18. The van der Waals surface area contributed by atoms with Crippen LogP contribution in [0.25, 0.3) is 0 Å². The van der Waals surface area contributed by atoms with Gasteiger partial charge in [-0.2, -0.15) is 0 Å². The fraction of sp³-hybridized carbons (Fsp3) is 0.400. The van der Waals surface area contributed by atoms with E-state index in [4.69, 9.17) is 4.74 Å². The summed E-state index contributed by atoms with van der Waals surface area (Å²) in [5.74, 6) is 1.56. The van der Waals surface area contributed by atoms with Gasteiger partial charge < -0.3 is 9.72 Å². The molecule has 25 heavy (non-hydrogen) atoms. The summed E-state index contributed by atoms with van der Waals surface area (Å²) in [7, 11) is 0. The van der Waals surface area contributed by atoms with E-state index in [-0.39, 0.29) is 5.56 Å². The monoisotopic (exact) mass is 339 g/mol. The van der Waals surface area contributed by atoms with Gasteiger partial charge in [0.15, 0.2) is 0 Å². The van der Waals surface area contributed by atoms with E-state index in [1.54, 1.807) is 0 Å². The minimum absolute atomic E-state index is 0.0135. The number of hydrogen-bond donors (Lipinski definition) is 1. The van der Waals surface area contributed by atoms with Crippen molar-refractivity contribution in [3.05, 3.63) is 69.4 Å². The summed E-state index contributed by atoms with van der Waals surface area (Å²) in [6.45, 7) is 10.8. The third-order valence-electron chi connectivity index (χ3n) is 4.35. The number of aryl methyl sites for hydroxylation is 1. The molecule has 1 aliphatic heterocycles. The van der Waals surface area contributed by atoms with Gasteiger partial charge in [0.1, 0.15) is 18.2 Å². The maximum atomic E-state index is 12.1. The molecule has 1 aromatic heterocycles. The molecular weight excluding hydrogens is 314 g/mol. The van der Waals surface area contributed by atoms with Crippen molar-refractivity contribution < 1.29 is 4.74 Å². The number of benzene rings is 1. The Kier molecular flexibility index (Phi) is 5.34. The highest BCUT2D eigenvalue weighted by molar-refractivity contribution is 5.29. The molecule has 2 heterocycles. The standard InChI is InChI=1S/C20H25N3O2/c1-14(2)13-25-17-6-4-5-16(11-17)12-23-9-7-18-19(8-10-23)21-15(3)22-20(18)24/h4-6,11H,1,7-10,12-13H2,2-3H3,(H,21,22,24). The van der Waals surface area contributed by atoms with Crippen molar-refractivity contribution in [2.24, 2.45) is 0 Å². The predicted octanol–water partition coefficient (Wildman–Crippen LogP) is 2.63. The van der Waals surface area contributed by atoms with Crippen LogP contribution in [-0.4, -0.2) is 34.6 Å². The van der Waals surface area contributed by atoms with Crippen LogP contribution in [0.4, 0.5) is 0 Å². The molecule has 1 N–H and O–H groups in total. The van der Waals surface area contributed by atoms with Crippen molar-refractivity contribution in [2.45, 2.75) is 33.2 Å². The highest BCUT2D eigenvalue weighted by Crippen LogP contribution is 2.18. The van der Waals surface area contributed by atoms with Crippen molar-refractivity contribution in [3.8, 4) is 5.75 Å². The van der Waals surface area contributed by atoms with Gasteiger partial charge in [-0.1, -0.05) is 18.7 Å². The first-order valence-electron chi connectivity index (χ1n) is 8.68. The Bertz CT molecular complexity index is 826. The molecule has 0 aliphatic carbocycles. The van der Waals surface area contributed by atoms with Crippen LogP contribution in [0.3, 0.4) is 0 Å². The highest BCUT2D eigenvalue weighted by Gasteiger charge is 2.18. The van der Waals surface area contributed by atoms with Gasteiger partial charge in [-0.25, -0.2) is 4.98 Å². The van der Waals surface area contributed by atoms with Crippen molar-refractivity contribution in [2.75, 3.05) is 19.7 Å². The van der Waals surface area contributed by atoms with Gasteiger partial charge in [0.05, 0.1) is 5.69 Å². The Hall–Kier alpha value is -2.40. The molecule has 0 fully saturated rings. The number of rotatable bonds is 5. The van der Waals surface area contributed by atoms with E-state index in [1.165, 1.54) is 5.56 Å². The SMILES string of the molecule is C=C(C)COc1cccc(CN2CCc3nc(C)[nH]c(=O)c3CC2)c1. The van der Waals surface area contributed by atoms with Gasteiger partial charge in [-0.3, -0.25) is 9.69 Å². The average molecular weight is 339 g/mol. The van der Waals surface area contributed by atoms with E-state index in [1.807, 2.05) is 26.0 Å². The van der Waals surface area contributed by atoms with Gasteiger partial charge in [0.2, 0.25) is 0 Å². The molecule has 5 heteroatoms. The van der Waals surface area contributed by atoms with Gasteiger partial charge in [0.25, 0.3) is 5.56 Å². The van der Waals surface area contributed by atoms with Crippen LogP contribution >= 0.6 is 0 Å². The molecule has 0 saturated carbocycles. The topological polar surface area (TPSA) is 58.2 Å². The second kappa shape index (κ2) is 7.66. The number of nitrogens with one attached hydrogen (secondary N) is 1.